The van der Waals surface area contributed by atoms with E-state index < -0.39 is 0 Å². The van der Waals surface area contributed by atoms with E-state index in [1.54, 1.807) is 0 Å². The van der Waals surface area contributed by atoms with Crippen LogP contribution in [0.1, 0.15) is 33.1 Å². The quantitative estimate of drug-likeness (QED) is 0.374. The van der Waals surface area contributed by atoms with Gasteiger partial charge in [0.05, 0.1) is 0 Å². The molecule has 0 unspecified atom stereocenters. The Morgan fingerprint density at radius 3 is 2.87 bits per heavy atom. The molecule has 0 amide bonds. The molecule has 1 aliphatic heterocycles. The molecule has 0 N–H and O–H groups in total. The fourth-order valence-corrected chi connectivity index (χ4v) is 2.79. The average molecular weight is 206 g/mol. The number of fused-ring (bicyclic) bond motifs is 1. The van der Waals surface area contributed by atoms with E-state index in [4.69, 9.17) is 4.74 Å². The van der Waals surface area contributed by atoms with E-state index in [9.17, 15) is 4.79 Å². The summed E-state index contributed by atoms with van der Waals surface area (Å²) in [5, 5.41) is 0. The second-order valence-corrected chi connectivity index (χ2v) is 5.10. The minimum absolute atomic E-state index is 0.195. The second-order valence-electron chi connectivity index (χ2n) is 5.10. The summed E-state index contributed by atoms with van der Waals surface area (Å²) in [6.07, 6.45) is 2.97. The monoisotopic (exact) mass is 206 g/mol. The van der Waals surface area contributed by atoms with Crippen molar-refractivity contribution in [3.63, 3.8) is 0 Å². The number of carbonyl (C=O) groups excluding carboxylic acids is 1. The van der Waals surface area contributed by atoms with Gasteiger partial charge in [0, 0.05) is 11.5 Å². The van der Waals surface area contributed by atoms with Crippen LogP contribution in [-0.2, 0) is 9.53 Å². The Hall–Kier alpha value is -1.05. The zero-order valence-electron chi connectivity index (χ0n) is 9.51. The van der Waals surface area contributed by atoms with Crippen molar-refractivity contribution < 1.29 is 9.53 Å². The molecule has 1 heterocycles. The van der Waals surface area contributed by atoms with E-state index in [2.05, 4.69) is 20.1 Å². The summed E-state index contributed by atoms with van der Waals surface area (Å²) in [5.74, 6) is 0.514. The van der Waals surface area contributed by atoms with Crippen LogP contribution in [0, 0.1) is 11.8 Å². The third-order valence-electron chi connectivity index (χ3n) is 3.95. The van der Waals surface area contributed by atoms with Crippen molar-refractivity contribution in [1.82, 2.24) is 0 Å². The van der Waals surface area contributed by atoms with Crippen molar-refractivity contribution >= 4 is 5.97 Å². The molecule has 0 bridgehead atoms. The minimum atomic E-state index is -0.292. The average Bonchev–Trinajstić information content (AvgIpc) is 2.37. The molecule has 2 rings (SSSR count). The highest BCUT2D eigenvalue weighted by Gasteiger charge is 2.51. The Labute approximate surface area is 91.0 Å². The lowest BCUT2D eigenvalue weighted by molar-refractivity contribution is -0.148. The lowest BCUT2D eigenvalue weighted by Gasteiger charge is -2.38. The fraction of sp³-hybridized carbons (Fsp3) is 0.615. The molecular formula is C13H18O2. The fourth-order valence-electron chi connectivity index (χ4n) is 2.79. The van der Waals surface area contributed by atoms with Crippen molar-refractivity contribution in [1.29, 1.82) is 0 Å². The van der Waals surface area contributed by atoms with Crippen LogP contribution < -0.4 is 0 Å². The first-order valence-electron chi connectivity index (χ1n) is 5.51. The van der Waals surface area contributed by atoms with E-state index in [0.29, 0.717) is 11.5 Å². The molecule has 2 heteroatoms. The van der Waals surface area contributed by atoms with Gasteiger partial charge in [-0.1, -0.05) is 18.7 Å². The standard InChI is InChI=1S/C13H18O2/c1-8(2)10-5-6-13(4)11(7-10)9(3)12(14)15-13/h10-11H,1,3,5-7H2,2,4H3/t10-,11-,13-/m1/s1. The third-order valence-corrected chi connectivity index (χ3v) is 3.95. The van der Waals surface area contributed by atoms with Gasteiger partial charge in [-0.05, 0) is 39.0 Å². The summed E-state index contributed by atoms with van der Waals surface area (Å²) in [4.78, 5) is 11.5. The molecule has 3 atom stereocenters. The van der Waals surface area contributed by atoms with Crippen molar-refractivity contribution in [2.24, 2.45) is 11.8 Å². The van der Waals surface area contributed by atoms with Crippen LogP contribution in [0.4, 0.5) is 0 Å². The van der Waals surface area contributed by atoms with Crippen molar-refractivity contribution in [2.45, 2.75) is 38.7 Å². The lowest BCUT2D eigenvalue weighted by Crippen LogP contribution is -2.38. The minimum Gasteiger partial charge on any atom is -0.455 e. The summed E-state index contributed by atoms with van der Waals surface area (Å²) in [6.45, 7) is 12.0. The van der Waals surface area contributed by atoms with Crippen LogP contribution in [0.2, 0.25) is 0 Å². The second kappa shape index (κ2) is 3.22. The maximum absolute atomic E-state index is 11.5. The van der Waals surface area contributed by atoms with Gasteiger partial charge in [0.1, 0.15) is 5.60 Å². The zero-order valence-corrected chi connectivity index (χ0v) is 9.51. The Morgan fingerprint density at radius 2 is 2.27 bits per heavy atom. The normalized spacial score (nSPS) is 39.9. The van der Waals surface area contributed by atoms with Crippen LogP contribution in [0.15, 0.2) is 24.3 Å². The predicted octanol–water partition coefficient (Wildman–Crippen LogP) is 2.85. The molecule has 82 valence electrons. The van der Waals surface area contributed by atoms with E-state index in [-0.39, 0.29) is 17.5 Å². The van der Waals surface area contributed by atoms with Gasteiger partial charge in [-0.25, -0.2) is 4.79 Å². The molecular weight excluding hydrogens is 188 g/mol. The number of hydrogen-bond acceptors (Lipinski definition) is 2. The first-order valence-corrected chi connectivity index (χ1v) is 5.51. The summed E-state index contributed by atoms with van der Waals surface area (Å²) in [6, 6.07) is 0. The maximum Gasteiger partial charge on any atom is 0.334 e. The highest BCUT2D eigenvalue weighted by Crippen LogP contribution is 2.48. The number of carbonyl (C=O) groups is 1. The highest BCUT2D eigenvalue weighted by molar-refractivity contribution is 5.91. The first kappa shape index (κ1) is 10.5. The summed E-state index contributed by atoms with van der Waals surface area (Å²) < 4.78 is 5.42. The van der Waals surface area contributed by atoms with E-state index in [0.717, 1.165) is 19.3 Å². The molecule has 1 aliphatic carbocycles. The van der Waals surface area contributed by atoms with E-state index in [1.165, 1.54) is 5.57 Å². The largest absolute Gasteiger partial charge is 0.455 e. The van der Waals surface area contributed by atoms with Gasteiger partial charge in [0.25, 0.3) is 0 Å². The Morgan fingerprint density at radius 1 is 1.60 bits per heavy atom. The van der Waals surface area contributed by atoms with Gasteiger partial charge in [0.15, 0.2) is 0 Å². The Bertz CT molecular complexity index is 342. The van der Waals surface area contributed by atoms with Gasteiger partial charge in [0.2, 0.25) is 0 Å². The lowest BCUT2D eigenvalue weighted by atomic mass is 9.69. The molecule has 2 fully saturated rings. The number of hydrogen-bond donors (Lipinski definition) is 0. The SMILES string of the molecule is C=C(C)[C@@H]1CC[C@@]2(C)OC(=O)C(=C)[C@H]2C1. The number of ether oxygens (including phenoxy) is 1. The number of esters is 1. The van der Waals surface area contributed by atoms with Crippen LogP contribution in [0.5, 0.6) is 0 Å². The van der Waals surface area contributed by atoms with Gasteiger partial charge < -0.3 is 4.74 Å². The molecule has 1 saturated heterocycles. The van der Waals surface area contributed by atoms with E-state index >= 15 is 0 Å². The summed E-state index contributed by atoms with van der Waals surface area (Å²) in [7, 11) is 0. The van der Waals surface area contributed by atoms with Crippen LogP contribution in [0.25, 0.3) is 0 Å². The van der Waals surface area contributed by atoms with Crippen LogP contribution in [-0.4, -0.2) is 11.6 Å². The third kappa shape index (κ3) is 1.52. The van der Waals surface area contributed by atoms with Crippen molar-refractivity contribution in [3.05, 3.63) is 24.3 Å². The van der Waals surface area contributed by atoms with Crippen molar-refractivity contribution in [2.75, 3.05) is 0 Å². The number of rotatable bonds is 1. The molecule has 2 aliphatic rings. The van der Waals surface area contributed by atoms with Crippen molar-refractivity contribution in [3.8, 4) is 0 Å². The molecule has 0 aromatic carbocycles. The van der Waals surface area contributed by atoms with Gasteiger partial charge in [-0.15, -0.1) is 0 Å². The predicted molar refractivity (Wildman–Crippen MR) is 59.3 cm³/mol. The molecule has 2 nitrogen and oxygen atoms in total. The molecule has 0 spiro atoms. The highest BCUT2D eigenvalue weighted by atomic mass is 16.6. The molecule has 1 saturated carbocycles. The zero-order chi connectivity index (χ0) is 11.2. The van der Waals surface area contributed by atoms with Gasteiger partial charge >= 0.3 is 5.97 Å². The Kier molecular flexibility index (Phi) is 2.25. The first-order chi connectivity index (χ1) is 6.94. The molecule has 0 aromatic rings. The Balaban J connectivity index is 2.22. The molecule has 15 heavy (non-hydrogen) atoms. The maximum atomic E-state index is 11.5. The van der Waals surface area contributed by atoms with Crippen LogP contribution >= 0.6 is 0 Å². The van der Waals surface area contributed by atoms with Gasteiger partial charge in [-0.2, -0.15) is 0 Å². The molecule has 0 aromatic heterocycles. The summed E-state index contributed by atoms with van der Waals surface area (Å²) >= 11 is 0. The van der Waals surface area contributed by atoms with E-state index in [1.807, 2.05) is 6.92 Å². The topological polar surface area (TPSA) is 26.3 Å². The van der Waals surface area contributed by atoms with Gasteiger partial charge in [-0.3, -0.25) is 0 Å². The summed E-state index contributed by atoms with van der Waals surface area (Å²) in [5.41, 5.74) is 1.58. The smallest absolute Gasteiger partial charge is 0.334 e. The number of allylic oxidation sites excluding steroid dienone is 1. The molecule has 0 radical (unpaired) electrons. The van der Waals surface area contributed by atoms with Crippen LogP contribution in [0.3, 0.4) is 0 Å².